The lowest BCUT2D eigenvalue weighted by Gasteiger charge is -2.14. The molecule has 0 radical (unpaired) electrons. The largest absolute Gasteiger partial charge is 0.489 e. The molecule has 0 aliphatic heterocycles. The smallest absolute Gasteiger partial charge is 0.220 e. The standard InChI is InChI=1S/C15H21Cl2NO3/c1-2-3-4-8-14(20)18-9-11(19)10-21-13-7-5-6-12(16)15(13)17/h5-7,11,19H,2-4,8-10H2,1H3,(H,18,20)/t11-/m0/s1. The molecule has 0 aromatic heterocycles. The molecule has 6 heteroatoms. The van der Waals surface area contributed by atoms with Crippen molar-refractivity contribution in [2.24, 2.45) is 0 Å². The highest BCUT2D eigenvalue weighted by Crippen LogP contribution is 2.31. The van der Waals surface area contributed by atoms with Gasteiger partial charge in [0.15, 0.2) is 0 Å². The molecule has 0 heterocycles. The summed E-state index contributed by atoms with van der Waals surface area (Å²) in [6.07, 6.45) is 2.67. The normalized spacial score (nSPS) is 12.0. The second-order valence-corrected chi connectivity index (χ2v) is 5.56. The average Bonchev–Trinajstić information content (AvgIpc) is 2.47. The van der Waals surface area contributed by atoms with Crippen LogP contribution in [0.4, 0.5) is 0 Å². The first-order valence-corrected chi connectivity index (χ1v) is 7.81. The molecule has 1 aromatic carbocycles. The number of aliphatic hydroxyl groups excluding tert-OH is 1. The van der Waals surface area contributed by atoms with Crippen LogP contribution in [-0.4, -0.2) is 30.3 Å². The fraction of sp³-hybridized carbons (Fsp3) is 0.533. The van der Waals surface area contributed by atoms with Crippen molar-refractivity contribution in [3.63, 3.8) is 0 Å². The third kappa shape index (κ3) is 7.02. The maximum Gasteiger partial charge on any atom is 0.220 e. The van der Waals surface area contributed by atoms with Crippen LogP contribution in [0.1, 0.15) is 32.6 Å². The number of amides is 1. The van der Waals surface area contributed by atoms with Crippen molar-refractivity contribution in [3.8, 4) is 5.75 Å². The Morgan fingerprint density at radius 2 is 2.14 bits per heavy atom. The van der Waals surface area contributed by atoms with E-state index in [0.717, 1.165) is 19.3 Å². The second-order valence-electron chi connectivity index (χ2n) is 4.78. The number of carbonyl (C=O) groups excluding carboxylic acids is 1. The van der Waals surface area contributed by atoms with E-state index >= 15 is 0 Å². The SMILES string of the molecule is CCCCCC(=O)NC[C@H](O)COc1cccc(Cl)c1Cl. The number of rotatable bonds is 9. The lowest BCUT2D eigenvalue weighted by atomic mass is 10.2. The van der Waals surface area contributed by atoms with Crippen LogP contribution in [0.2, 0.25) is 10.0 Å². The Labute approximate surface area is 135 Å². The van der Waals surface area contributed by atoms with Crippen LogP contribution in [0, 0.1) is 0 Å². The van der Waals surface area contributed by atoms with Gasteiger partial charge in [0, 0.05) is 13.0 Å². The van der Waals surface area contributed by atoms with E-state index in [1.165, 1.54) is 0 Å². The van der Waals surface area contributed by atoms with Gasteiger partial charge >= 0.3 is 0 Å². The van der Waals surface area contributed by atoms with Gasteiger partial charge in [-0.1, -0.05) is 49.0 Å². The molecule has 21 heavy (non-hydrogen) atoms. The van der Waals surface area contributed by atoms with Gasteiger partial charge in [0.25, 0.3) is 0 Å². The minimum Gasteiger partial charge on any atom is -0.489 e. The minimum absolute atomic E-state index is 0.0370. The maximum absolute atomic E-state index is 11.5. The summed E-state index contributed by atoms with van der Waals surface area (Å²) in [5, 5.41) is 13.2. The summed E-state index contributed by atoms with van der Waals surface area (Å²) in [4.78, 5) is 11.5. The zero-order chi connectivity index (χ0) is 15.7. The molecule has 0 unspecified atom stereocenters. The van der Waals surface area contributed by atoms with E-state index in [0.29, 0.717) is 22.2 Å². The van der Waals surface area contributed by atoms with Crippen LogP contribution in [0.5, 0.6) is 5.75 Å². The van der Waals surface area contributed by atoms with Gasteiger partial charge in [-0.15, -0.1) is 0 Å². The number of hydrogen-bond acceptors (Lipinski definition) is 3. The molecule has 0 fully saturated rings. The minimum atomic E-state index is -0.796. The zero-order valence-electron chi connectivity index (χ0n) is 12.1. The summed E-state index contributed by atoms with van der Waals surface area (Å²) in [7, 11) is 0. The Kier molecular flexibility index (Phi) is 8.50. The maximum atomic E-state index is 11.5. The van der Waals surface area contributed by atoms with Gasteiger partial charge in [-0.25, -0.2) is 0 Å². The number of hydrogen-bond donors (Lipinski definition) is 2. The fourth-order valence-corrected chi connectivity index (χ4v) is 2.04. The Morgan fingerprint density at radius 3 is 2.86 bits per heavy atom. The first-order valence-electron chi connectivity index (χ1n) is 7.06. The second kappa shape index (κ2) is 9.87. The van der Waals surface area contributed by atoms with E-state index in [2.05, 4.69) is 12.2 Å². The van der Waals surface area contributed by atoms with Gasteiger partial charge in [0.2, 0.25) is 5.91 Å². The molecule has 0 saturated carbocycles. The van der Waals surface area contributed by atoms with E-state index in [1.807, 2.05) is 0 Å². The molecule has 2 N–H and O–H groups in total. The highest BCUT2D eigenvalue weighted by atomic mass is 35.5. The molecule has 1 atom stereocenters. The summed E-state index contributed by atoms with van der Waals surface area (Å²) in [6, 6.07) is 5.04. The highest BCUT2D eigenvalue weighted by Gasteiger charge is 2.10. The van der Waals surface area contributed by atoms with Gasteiger partial charge in [0.1, 0.15) is 23.5 Å². The number of aliphatic hydroxyl groups is 1. The lowest BCUT2D eigenvalue weighted by Crippen LogP contribution is -2.35. The van der Waals surface area contributed by atoms with Crippen molar-refractivity contribution in [2.75, 3.05) is 13.2 Å². The predicted octanol–water partition coefficient (Wildman–Crippen LogP) is 3.43. The van der Waals surface area contributed by atoms with Crippen LogP contribution < -0.4 is 10.1 Å². The third-order valence-electron chi connectivity index (χ3n) is 2.89. The molecule has 1 amide bonds. The van der Waals surface area contributed by atoms with Crippen LogP contribution in [0.15, 0.2) is 18.2 Å². The highest BCUT2D eigenvalue weighted by molar-refractivity contribution is 6.42. The summed E-state index contributed by atoms with van der Waals surface area (Å²) in [6.45, 7) is 2.28. The van der Waals surface area contributed by atoms with Crippen LogP contribution in [0.25, 0.3) is 0 Å². The number of halogens is 2. The number of ether oxygens (including phenoxy) is 1. The Morgan fingerprint density at radius 1 is 1.38 bits per heavy atom. The van der Waals surface area contributed by atoms with Gasteiger partial charge in [-0.3, -0.25) is 4.79 Å². The Hall–Kier alpha value is -0.970. The monoisotopic (exact) mass is 333 g/mol. The zero-order valence-corrected chi connectivity index (χ0v) is 13.6. The number of benzene rings is 1. The van der Waals surface area contributed by atoms with Crippen molar-refractivity contribution >= 4 is 29.1 Å². The summed E-state index contributed by atoms with van der Waals surface area (Å²) < 4.78 is 5.39. The third-order valence-corrected chi connectivity index (χ3v) is 3.69. The molecule has 0 aliphatic carbocycles. The van der Waals surface area contributed by atoms with E-state index in [1.54, 1.807) is 18.2 Å². The summed E-state index contributed by atoms with van der Waals surface area (Å²) >= 11 is 11.8. The average molecular weight is 334 g/mol. The van der Waals surface area contributed by atoms with Gasteiger partial charge in [-0.05, 0) is 18.6 Å². The Bertz CT molecular complexity index is 455. The van der Waals surface area contributed by atoms with Gasteiger partial charge in [-0.2, -0.15) is 0 Å². The molecule has 0 aliphatic rings. The van der Waals surface area contributed by atoms with Crippen molar-refractivity contribution < 1.29 is 14.6 Å². The summed E-state index contributed by atoms with van der Waals surface area (Å²) in [5.41, 5.74) is 0. The molecular weight excluding hydrogens is 313 g/mol. The van der Waals surface area contributed by atoms with E-state index < -0.39 is 6.10 Å². The number of nitrogens with one attached hydrogen (secondary N) is 1. The molecule has 0 saturated heterocycles. The van der Waals surface area contributed by atoms with Crippen molar-refractivity contribution in [3.05, 3.63) is 28.2 Å². The van der Waals surface area contributed by atoms with Gasteiger partial charge in [0.05, 0.1) is 5.02 Å². The molecule has 0 bridgehead atoms. The van der Waals surface area contributed by atoms with Crippen LogP contribution >= 0.6 is 23.2 Å². The first kappa shape index (κ1) is 18.1. The first-order chi connectivity index (χ1) is 10.0. The Balaban J connectivity index is 2.26. The molecular formula is C15H21Cl2NO3. The van der Waals surface area contributed by atoms with Crippen LogP contribution in [-0.2, 0) is 4.79 Å². The van der Waals surface area contributed by atoms with Crippen molar-refractivity contribution in [2.45, 2.75) is 38.7 Å². The van der Waals surface area contributed by atoms with Crippen molar-refractivity contribution in [1.29, 1.82) is 0 Å². The predicted molar refractivity (Wildman–Crippen MR) is 85.1 cm³/mol. The molecule has 118 valence electrons. The lowest BCUT2D eigenvalue weighted by molar-refractivity contribution is -0.121. The van der Waals surface area contributed by atoms with Crippen molar-refractivity contribution in [1.82, 2.24) is 5.32 Å². The molecule has 1 aromatic rings. The molecule has 4 nitrogen and oxygen atoms in total. The fourth-order valence-electron chi connectivity index (χ4n) is 1.70. The van der Waals surface area contributed by atoms with Crippen LogP contribution in [0.3, 0.4) is 0 Å². The number of unbranched alkanes of at least 4 members (excludes halogenated alkanes) is 2. The van der Waals surface area contributed by atoms with E-state index in [9.17, 15) is 9.90 Å². The van der Waals surface area contributed by atoms with E-state index in [-0.39, 0.29) is 19.1 Å². The quantitative estimate of drug-likeness (QED) is 0.680. The molecule has 0 spiro atoms. The van der Waals surface area contributed by atoms with E-state index in [4.69, 9.17) is 27.9 Å². The molecule has 1 rings (SSSR count). The number of carbonyl (C=O) groups is 1. The topological polar surface area (TPSA) is 58.6 Å². The van der Waals surface area contributed by atoms with Gasteiger partial charge < -0.3 is 15.2 Å². The summed E-state index contributed by atoms with van der Waals surface area (Å²) in [5.74, 6) is 0.362.